The highest BCUT2D eigenvalue weighted by molar-refractivity contribution is 5.91. The van der Waals surface area contributed by atoms with Crippen LogP contribution in [0.1, 0.15) is 28.0 Å². The van der Waals surface area contributed by atoms with E-state index >= 15 is 0 Å². The van der Waals surface area contributed by atoms with Crippen molar-refractivity contribution in [3.63, 3.8) is 0 Å². The first-order valence-corrected chi connectivity index (χ1v) is 10.3. The van der Waals surface area contributed by atoms with Gasteiger partial charge in [-0.3, -0.25) is 9.59 Å². The monoisotopic (exact) mass is 437 g/mol. The van der Waals surface area contributed by atoms with Gasteiger partial charge in [0.25, 0.3) is 5.91 Å². The third-order valence-electron chi connectivity index (χ3n) is 5.43. The van der Waals surface area contributed by atoms with Crippen molar-refractivity contribution in [1.29, 1.82) is 0 Å². The maximum absolute atomic E-state index is 13.0. The Morgan fingerprint density at radius 3 is 2.75 bits per heavy atom. The zero-order valence-corrected chi connectivity index (χ0v) is 17.7. The molecule has 1 aliphatic rings. The number of aromatic nitrogens is 3. The highest BCUT2D eigenvalue weighted by Gasteiger charge is 2.30. The molecule has 166 valence electrons. The van der Waals surface area contributed by atoms with Crippen molar-refractivity contribution in [1.82, 2.24) is 25.2 Å². The molecule has 0 spiro atoms. The van der Waals surface area contributed by atoms with Gasteiger partial charge in [0.1, 0.15) is 11.6 Å². The zero-order chi connectivity index (χ0) is 22.5. The van der Waals surface area contributed by atoms with E-state index in [1.807, 2.05) is 24.3 Å². The van der Waals surface area contributed by atoms with Gasteiger partial charge in [0.2, 0.25) is 5.91 Å². The van der Waals surface area contributed by atoms with Crippen LogP contribution in [0, 0.1) is 11.7 Å². The predicted octanol–water partition coefficient (Wildman–Crippen LogP) is 2.25. The summed E-state index contributed by atoms with van der Waals surface area (Å²) < 4.78 is 19.9. The molecule has 2 aromatic carbocycles. The molecule has 2 amide bonds. The molecule has 1 saturated heterocycles. The SMILES string of the molecule is COc1ccccc1CN1CC(CNC(=O)c2cn(Cc3ccc(F)cc3)nn2)CC1=O. The number of hydrogen-bond donors (Lipinski definition) is 1. The summed E-state index contributed by atoms with van der Waals surface area (Å²) in [6, 6.07) is 13.7. The van der Waals surface area contributed by atoms with Gasteiger partial charge in [-0.15, -0.1) is 5.10 Å². The lowest BCUT2D eigenvalue weighted by Crippen LogP contribution is -2.31. The van der Waals surface area contributed by atoms with E-state index in [2.05, 4.69) is 15.6 Å². The molecule has 1 fully saturated rings. The molecule has 4 rings (SSSR count). The summed E-state index contributed by atoms with van der Waals surface area (Å²) in [4.78, 5) is 26.7. The molecular weight excluding hydrogens is 413 g/mol. The number of amides is 2. The Hall–Kier alpha value is -3.75. The molecule has 8 nitrogen and oxygen atoms in total. The molecule has 1 unspecified atom stereocenters. The van der Waals surface area contributed by atoms with Crippen molar-refractivity contribution in [2.24, 2.45) is 5.92 Å². The minimum atomic E-state index is -0.342. The molecule has 32 heavy (non-hydrogen) atoms. The van der Waals surface area contributed by atoms with Gasteiger partial charge in [-0.05, 0) is 23.8 Å². The van der Waals surface area contributed by atoms with Crippen LogP contribution in [0.4, 0.5) is 4.39 Å². The number of benzene rings is 2. The summed E-state index contributed by atoms with van der Waals surface area (Å²) in [5.41, 5.74) is 2.00. The fourth-order valence-electron chi connectivity index (χ4n) is 3.77. The number of para-hydroxylation sites is 1. The Morgan fingerprint density at radius 2 is 1.97 bits per heavy atom. The van der Waals surface area contributed by atoms with Gasteiger partial charge in [-0.25, -0.2) is 9.07 Å². The van der Waals surface area contributed by atoms with Crippen LogP contribution < -0.4 is 10.1 Å². The fraction of sp³-hybridized carbons (Fsp3) is 0.304. The number of methoxy groups -OCH3 is 1. The van der Waals surface area contributed by atoms with Gasteiger partial charge in [0, 0.05) is 37.5 Å². The van der Waals surface area contributed by atoms with Crippen LogP contribution in [0.3, 0.4) is 0 Å². The summed E-state index contributed by atoms with van der Waals surface area (Å²) in [7, 11) is 1.61. The number of carbonyl (C=O) groups is 2. The molecule has 1 atom stereocenters. The number of likely N-dealkylation sites (tertiary alicyclic amines) is 1. The van der Waals surface area contributed by atoms with Crippen molar-refractivity contribution in [3.05, 3.63) is 77.4 Å². The third-order valence-corrected chi connectivity index (χ3v) is 5.43. The normalized spacial score (nSPS) is 15.8. The first-order chi connectivity index (χ1) is 15.5. The summed E-state index contributed by atoms with van der Waals surface area (Å²) in [6.45, 7) is 1.80. The molecule has 0 bridgehead atoms. The van der Waals surface area contributed by atoms with Crippen molar-refractivity contribution in [3.8, 4) is 5.75 Å². The Bertz CT molecular complexity index is 1100. The fourth-order valence-corrected chi connectivity index (χ4v) is 3.77. The minimum Gasteiger partial charge on any atom is -0.496 e. The van der Waals surface area contributed by atoms with Crippen LogP contribution in [0.15, 0.2) is 54.7 Å². The van der Waals surface area contributed by atoms with Crippen molar-refractivity contribution in [2.75, 3.05) is 20.2 Å². The number of nitrogens with zero attached hydrogens (tertiary/aromatic N) is 4. The Labute approximate surface area is 185 Å². The average Bonchev–Trinajstić information content (AvgIpc) is 3.40. The lowest BCUT2D eigenvalue weighted by atomic mass is 10.1. The molecule has 0 aliphatic carbocycles. The van der Waals surface area contributed by atoms with Crippen molar-refractivity contribution < 1.29 is 18.7 Å². The number of nitrogens with one attached hydrogen (secondary N) is 1. The van der Waals surface area contributed by atoms with Gasteiger partial charge in [0.15, 0.2) is 5.69 Å². The van der Waals surface area contributed by atoms with Gasteiger partial charge >= 0.3 is 0 Å². The molecule has 0 saturated carbocycles. The number of rotatable bonds is 8. The molecule has 1 N–H and O–H groups in total. The van der Waals surface area contributed by atoms with E-state index in [0.29, 0.717) is 32.6 Å². The van der Waals surface area contributed by atoms with E-state index in [0.717, 1.165) is 16.9 Å². The maximum Gasteiger partial charge on any atom is 0.273 e. The first kappa shape index (κ1) is 21.5. The quantitative estimate of drug-likeness (QED) is 0.584. The summed E-state index contributed by atoms with van der Waals surface area (Å²) >= 11 is 0. The molecule has 9 heteroatoms. The highest BCUT2D eigenvalue weighted by Crippen LogP contribution is 2.24. The van der Waals surface area contributed by atoms with E-state index < -0.39 is 0 Å². The zero-order valence-electron chi connectivity index (χ0n) is 17.7. The molecule has 3 aromatic rings. The highest BCUT2D eigenvalue weighted by atomic mass is 19.1. The third kappa shape index (κ3) is 5.11. The van der Waals surface area contributed by atoms with E-state index in [9.17, 15) is 14.0 Å². The van der Waals surface area contributed by atoms with Crippen LogP contribution >= 0.6 is 0 Å². The van der Waals surface area contributed by atoms with E-state index in [-0.39, 0.29) is 29.2 Å². The van der Waals surface area contributed by atoms with Gasteiger partial charge in [-0.1, -0.05) is 35.5 Å². The Balaban J connectivity index is 1.28. The van der Waals surface area contributed by atoms with E-state index in [1.165, 1.54) is 16.8 Å². The Kier molecular flexibility index (Phi) is 6.44. The van der Waals surface area contributed by atoms with E-state index in [4.69, 9.17) is 4.74 Å². The second-order valence-electron chi connectivity index (χ2n) is 7.79. The summed E-state index contributed by atoms with van der Waals surface area (Å²) in [5.74, 6) is 0.182. The number of carbonyl (C=O) groups excluding carboxylic acids is 2. The summed E-state index contributed by atoms with van der Waals surface area (Å²) in [6.07, 6.45) is 1.93. The Morgan fingerprint density at radius 1 is 1.19 bits per heavy atom. The number of halogens is 1. The van der Waals surface area contributed by atoms with E-state index in [1.54, 1.807) is 30.3 Å². The molecule has 1 aliphatic heterocycles. The smallest absolute Gasteiger partial charge is 0.273 e. The number of hydrogen-bond acceptors (Lipinski definition) is 5. The minimum absolute atomic E-state index is 0.0235. The molecule has 1 aromatic heterocycles. The van der Waals surface area contributed by atoms with Gasteiger partial charge < -0.3 is 15.0 Å². The standard InChI is InChI=1S/C23H24FN5O3/c1-32-21-5-3-2-4-18(21)14-28-12-17(10-22(28)30)11-25-23(31)20-15-29(27-26-20)13-16-6-8-19(24)9-7-16/h2-9,15,17H,10-14H2,1H3,(H,25,31). The first-order valence-electron chi connectivity index (χ1n) is 10.3. The van der Waals surface area contributed by atoms with Crippen LogP contribution in [-0.2, 0) is 17.9 Å². The van der Waals surface area contributed by atoms with Crippen LogP contribution in [0.25, 0.3) is 0 Å². The van der Waals surface area contributed by atoms with Crippen molar-refractivity contribution >= 4 is 11.8 Å². The topological polar surface area (TPSA) is 89.3 Å². The van der Waals surface area contributed by atoms with Crippen LogP contribution in [0.2, 0.25) is 0 Å². The molecule has 2 heterocycles. The number of ether oxygens (including phenoxy) is 1. The van der Waals surface area contributed by atoms with Gasteiger partial charge in [-0.2, -0.15) is 0 Å². The second-order valence-corrected chi connectivity index (χ2v) is 7.79. The second kappa shape index (κ2) is 9.59. The van der Waals surface area contributed by atoms with Gasteiger partial charge in [0.05, 0.1) is 19.9 Å². The lowest BCUT2D eigenvalue weighted by molar-refractivity contribution is -0.128. The van der Waals surface area contributed by atoms with Crippen LogP contribution in [0.5, 0.6) is 5.75 Å². The lowest BCUT2D eigenvalue weighted by Gasteiger charge is -2.18. The van der Waals surface area contributed by atoms with Crippen LogP contribution in [-0.4, -0.2) is 51.9 Å². The average molecular weight is 437 g/mol. The summed E-state index contributed by atoms with van der Waals surface area (Å²) in [5, 5.41) is 10.7. The largest absolute Gasteiger partial charge is 0.496 e. The molecular formula is C23H24FN5O3. The molecule has 0 radical (unpaired) electrons. The maximum atomic E-state index is 13.0. The predicted molar refractivity (Wildman–Crippen MR) is 114 cm³/mol. The van der Waals surface area contributed by atoms with Crippen molar-refractivity contribution in [2.45, 2.75) is 19.5 Å².